The minimum absolute atomic E-state index is 0.393. The van der Waals surface area contributed by atoms with E-state index in [1.165, 1.54) is 6.33 Å². The first-order chi connectivity index (χ1) is 15.6. The van der Waals surface area contributed by atoms with Crippen molar-refractivity contribution >= 4 is 39.6 Å². The van der Waals surface area contributed by atoms with E-state index in [-0.39, 0.29) is 0 Å². The van der Waals surface area contributed by atoms with Gasteiger partial charge < -0.3 is 20.6 Å². The molecular formula is C22H25N9S. The summed E-state index contributed by atoms with van der Waals surface area (Å²) in [5.74, 6) is 0.393. The van der Waals surface area contributed by atoms with Crippen molar-refractivity contribution in [3.05, 3.63) is 43.0 Å². The number of aryl methyl sites for hydroxylation is 1. The molecule has 4 aromatic heterocycles. The van der Waals surface area contributed by atoms with Gasteiger partial charge in [-0.2, -0.15) is 5.10 Å². The van der Waals surface area contributed by atoms with Crippen molar-refractivity contribution in [1.82, 2.24) is 40.0 Å². The van der Waals surface area contributed by atoms with Gasteiger partial charge in [0, 0.05) is 46.3 Å². The number of nitrogens with zero attached hydrogens (tertiary/aromatic N) is 5. The Bertz CT molecular complexity index is 1350. The number of nitrogens with one attached hydrogen (secondary N) is 3. The highest BCUT2D eigenvalue weighted by atomic mass is 32.2. The first-order valence-electron chi connectivity index (χ1n) is 10.6. The number of aromatic nitrogens is 7. The Kier molecular flexibility index (Phi) is 5.54. The average Bonchev–Trinajstić information content (AvgIpc) is 3.51. The second-order valence-electron chi connectivity index (χ2n) is 7.93. The van der Waals surface area contributed by atoms with Crippen LogP contribution >= 0.6 is 11.8 Å². The molecule has 0 aliphatic carbocycles. The standard InChI is InChI=1S/C22H25N9S/c1-13(2)24-6-3-9-31-21-19(20(23)26-12-27-21)29-22(31)32-18-11-17-14(4-7-25-17)10-15(18)16-5-8-28-30-16/h4-5,7-8,10-13,24-25H,3,6,9H2,1-2H3,(H,28,30)(H2,23,26,27). The van der Waals surface area contributed by atoms with Crippen LogP contribution in [0.5, 0.6) is 0 Å². The highest BCUT2D eigenvalue weighted by Gasteiger charge is 2.18. The van der Waals surface area contributed by atoms with Gasteiger partial charge in [0.15, 0.2) is 22.1 Å². The molecule has 1 aromatic carbocycles. The second kappa shape index (κ2) is 8.64. The van der Waals surface area contributed by atoms with Gasteiger partial charge in [0.1, 0.15) is 6.33 Å². The first-order valence-corrected chi connectivity index (χ1v) is 11.4. The molecule has 0 amide bonds. The molecular weight excluding hydrogens is 422 g/mol. The molecule has 4 heterocycles. The summed E-state index contributed by atoms with van der Waals surface area (Å²) in [6, 6.07) is 8.80. The first kappa shape index (κ1) is 20.5. The summed E-state index contributed by atoms with van der Waals surface area (Å²) in [6.07, 6.45) is 6.16. The van der Waals surface area contributed by atoms with Crippen LogP contribution in [0.15, 0.2) is 53.0 Å². The normalized spacial score (nSPS) is 11.8. The van der Waals surface area contributed by atoms with Gasteiger partial charge in [0.05, 0.1) is 5.69 Å². The van der Waals surface area contributed by atoms with Gasteiger partial charge in [0.25, 0.3) is 0 Å². The minimum atomic E-state index is 0.393. The molecule has 0 radical (unpaired) electrons. The van der Waals surface area contributed by atoms with Crippen LogP contribution in [0.1, 0.15) is 20.3 Å². The summed E-state index contributed by atoms with van der Waals surface area (Å²) in [4.78, 5) is 17.8. The van der Waals surface area contributed by atoms with Gasteiger partial charge in [-0.25, -0.2) is 15.0 Å². The summed E-state index contributed by atoms with van der Waals surface area (Å²) in [7, 11) is 0. The van der Waals surface area contributed by atoms with Crippen LogP contribution in [0.4, 0.5) is 5.82 Å². The zero-order valence-corrected chi connectivity index (χ0v) is 18.8. The van der Waals surface area contributed by atoms with Crippen LogP contribution < -0.4 is 11.1 Å². The fourth-order valence-electron chi connectivity index (χ4n) is 3.72. The number of H-pyrrole nitrogens is 2. The zero-order valence-electron chi connectivity index (χ0n) is 18.0. The highest BCUT2D eigenvalue weighted by Crippen LogP contribution is 2.38. The maximum absolute atomic E-state index is 6.13. The van der Waals surface area contributed by atoms with E-state index in [0.717, 1.165) is 57.4 Å². The number of nitrogens with two attached hydrogens (primary N) is 1. The smallest absolute Gasteiger partial charge is 0.175 e. The predicted octanol–water partition coefficient (Wildman–Crippen LogP) is 3.82. The molecule has 0 unspecified atom stereocenters. The van der Waals surface area contributed by atoms with Gasteiger partial charge in [-0.1, -0.05) is 25.6 Å². The van der Waals surface area contributed by atoms with E-state index in [1.807, 2.05) is 12.3 Å². The van der Waals surface area contributed by atoms with Crippen molar-refractivity contribution in [2.75, 3.05) is 12.3 Å². The highest BCUT2D eigenvalue weighted by molar-refractivity contribution is 7.99. The van der Waals surface area contributed by atoms with E-state index >= 15 is 0 Å². The van der Waals surface area contributed by atoms with Crippen LogP contribution in [0.3, 0.4) is 0 Å². The Morgan fingerprint density at radius 1 is 1.22 bits per heavy atom. The number of aromatic amines is 2. The fourth-order valence-corrected chi connectivity index (χ4v) is 4.80. The summed E-state index contributed by atoms with van der Waals surface area (Å²) in [6.45, 7) is 5.99. The molecule has 0 bridgehead atoms. The third-order valence-electron chi connectivity index (χ3n) is 5.28. The molecule has 0 saturated heterocycles. The molecule has 32 heavy (non-hydrogen) atoms. The lowest BCUT2D eigenvalue weighted by molar-refractivity contribution is 0.525. The summed E-state index contributed by atoms with van der Waals surface area (Å²) < 4.78 is 2.13. The number of hydrogen-bond donors (Lipinski definition) is 4. The number of fused-ring (bicyclic) bond motifs is 2. The van der Waals surface area contributed by atoms with Gasteiger partial charge in [-0.15, -0.1) is 0 Å². The fraction of sp³-hybridized carbons (Fsp3) is 0.273. The van der Waals surface area contributed by atoms with E-state index in [1.54, 1.807) is 18.0 Å². The van der Waals surface area contributed by atoms with Crippen LogP contribution in [0, 0.1) is 0 Å². The van der Waals surface area contributed by atoms with Gasteiger partial charge in [0.2, 0.25) is 0 Å². The van der Waals surface area contributed by atoms with E-state index in [0.29, 0.717) is 17.4 Å². The zero-order chi connectivity index (χ0) is 22.1. The molecule has 0 spiro atoms. The maximum atomic E-state index is 6.13. The lowest BCUT2D eigenvalue weighted by atomic mass is 10.1. The molecule has 9 nitrogen and oxygen atoms in total. The summed E-state index contributed by atoms with van der Waals surface area (Å²) in [5.41, 5.74) is 10.6. The van der Waals surface area contributed by atoms with Crippen molar-refractivity contribution in [2.24, 2.45) is 0 Å². The van der Waals surface area contributed by atoms with Crippen LogP contribution in [-0.2, 0) is 6.54 Å². The molecule has 5 aromatic rings. The Hall–Kier alpha value is -3.37. The maximum Gasteiger partial charge on any atom is 0.175 e. The third kappa shape index (κ3) is 3.94. The van der Waals surface area contributed by atoms with Gasteiger partial charge >= 0.3 is 0 Å². The molecule has 5 N–H and O–H groups in total. The molecule has 0 atom stereocenters. The number of hydrogen-bond acceptors (Lipinski definition) is 7. The second-order valence-corrected chi connectivity index (χ2v) is 8.93. The molecule has 164 valence electrons. The Morgan fingerprint density at radius 3 is 2.94 bits per heavy atom. The SMILES string of the molecule is CC(C)NCCCn1c(Sc2cc3[nH]ccc3cc2-c2ccn[nH]2)nc2c(N)ncnc21. The number of anilines is 1. The lowest BCUT2D eigenvalue weighted by Crippen LogP contribution is -2.24. The number of rotatable bonds is 8. The molecule has 5 rings (SSSR count). The van der Waals surface area contributed by atoms with E-state index in [9.17, 15) is 0 Å². The molecule has 0 fully saturated rings. The Labute approximate surface area is 189 Å². The molecule has 0 aliphatic rings. The lowest BCUT2D eigenvalue weighted by Gasteiger charge is -2.12. The van der Waals surface area contributed by atoms with E-state index < -0.39 is 0 Å². The van der Waals surface area contributed by atoms with Crippen molar-refractivity contribution in [1.29, 1.82) is 0 Å². The quantitative estimate of drug-likeness (QED) is 0.266. The number of benzene rings is 1. The van der Waals surface area contributed by atoms with Gasteiger partial charge in [-0.3, -0.25) is 5.10 Å². The minimum Gasteiger partial charge on any atom is -0.382 e. The number of imidazole rings is 1. The average molecular weight is 448 g/mol. The molecule has 0 saturated carbocycles. The Balaban J connectivity index is 1.56. The van der Waals surface area contributed by atoms with Crippen molar-refractivity contribution < 1.29 is 0 Å². The predicted molar refractivity (Wildman–Crippen MR) is 127 cm³/mol. The van der Waals surface area contributed by atoms with Crippen molar-refractivity contribution in [2.45, 2.75) is 42.9 Å². The van der Waals surface area contributed by atoms with E-state index in [2.05, 4.69) is 67.1 Å². The van der Waals surface area contributed by atoms with Gasteiger partial charge in [-0.05, 0) is 37.2 Å². The van der Waals surface area contributed by atoms with Crippen molar-refractivity contribution in [3.8, 4) is 11.3 Å². The Morgan fingerprint density at radius 2 is 2.12 bits per heavy atom. The molecule has 10 heteroatoms. The summed E-state index contributed by atoms with van der Waals surface area (Å²) in [5, 5.41) is 12.7. The van der Waals surface area contributed by atoms with E-state index in [4.69, 9.17) is 10.7 Å². The van der Waals surface area contributed by atoms with Crippen LogP contribution in [-0.4, -0.2) is 47.3 Å². The monoisotopic (exact) mass is 447 g/mol. The van der Waals surface area contributed by atoms with Crippen LogP contribution in [0.25, 0.3) is 33.3 Å². The van der Waals surface area contributed by atoms with Crippen LogP contribution in [0.2, 0.25) is 0 Å². The largest absolute Gasteiger partial charge is 0.382 e. The van der Waals surface area contributed by atoms with Crippen molar-refractivity contribution in [3.63, 3.8) is 0 Å². The third-order valence-corrected chi connectivity index (χ3v) is 6.33. The molecule has 0 aliphatic heterocycles. The summed E-state index contributed by atoms with van der Waals surface area (Å²) >= 11 is 1.60. The number of nitrogen functional groups attached to an aromatic ring is 1. The topological polar surface area (TPSA) is 126 Å².